The van der Waals surface area contributed by atoms with Crippen molar-refractivity contribution in [1.29, 1.82) is 0 Å². The molecule has 0 radical (unpaired) electrons. The standard InChI is InChI=1S/C11H14N4/c1-15-10-6-8(14-12)4-5-9(10)13-11(15)7-2-3-7/h4-7,14H,2-3,12H2,1H3. The number of hydrogen-bond donors (Lipinski definition) is 2. The van der Waals surface area contributed by atoms with Crippen LogP contribution < -0.4 is 11.3 Å². The number of fused-ring (bicyclic) bond motifs is 1. The third kappa shape index (κ3) is 1.29. The first-order valence-electron chi connectivity index (χ1n) is 5.22. The van der Waals surface area contributed by atoms with Crippen LogP contribution in [0.3, 0.4) is 0 Å². The molecule has 4 nitrogen and oxygen atoms in total. The van der Waals surface area contributed by atoms with Crippen molar-refractivity contribution in [3.8, 4) is 0 Å². The van der Waals surface area contributed by atoms with E-state index in [0.29, 0.717) is 5.92 Å². The highest BCUT2D eigenvalue weighted by Crippen LogP contribution is 2.40. The number of hydrogen-bond acceptors (Lipinski definition) is 3. The predicted octanol–water partition coefficient (Wildman–Crippen LogP) is 1.74. The SMILES string of the molecule is Cn1c(C2CC2)nc2ccc(NN)cc21. The predicted molar refractivity (Wildman–Crippen MR) is 60.5 cm³/mol. The van der Waals surface area contributed by atoms with Crippen molar-refractivity contribution in [2.75, 3.05) is 5.43 Å². The van der Waals surface area contributed by atoms with Crippen molar-refractivity contribution in [2.24, 2.45) is 12.9 Å². The molecule has 1 aromatic carbocycles. The summed E-state index contributed by atoms with van der Waals surface area (Å²) in [6.45, 7) is 0. The van der Waals surface area contributed by atoms with Crippen LogP contribution in [0.4, 0.5) is 5.69 Å². The molecule has 0 atom stereocenters. The summed E-state index contributed by atoms with van der Waals surface area (Å²) in [5.41, 5.74) is 5.78. The first kappa shape index (κ1) is 8.73. The molecule has 78 valence electrons. The van der Waals surface area contributed by atoms with E-state index in [1.807, 2.05) is 18.2 Å². The molecule has 4 heteroatoms. The summed E-state index contributed by atoms with van der Waals surface area (Å²) in [7, 11) is 2.07. The molecule has 3 N–H and O–H groups in total. The lowest BCUT2D eigenvalue weighted by atomic mass is 10.3. The number of nitrogens with two attached hydrogens (primary N) is 1. The molecule has 1 aromatic heterocycles. The fourth-order valence-corrected chi connectivity index (χ4v) is 2.00. The van der Waals surface area contributed by atoms with Crippen molar-refractivity contribution in [3.63, 3.8) is 0 Å². The number of hydrazine groups is 1. The highest BCUT2D eigenvalue weighted by molar-refractivity contribution is 5.80. The fourth-order valence-electron chi connectivity index (χ4n) is 2.00. The maximum Gasteiger partial charge on any atom is 0.112 e. The van der Waals surface area contributed by atoms with Crippen LogP contribution in [-0.4, -0.2) is 9.55 Å². The molecule has 0 amide bonds. The first-order valence-corrected chi connectivity index (χ1v) is 5.22. The van der Waals surface area contributed by atoms with E-state index in [9.17, 15) is 0 Å². The normalized spacial score (nSPS) is 15.9. The van der Waals surface area contributed by atoms with Crippen LogP contribution in [0.2, 0.25) is 0 Å². The minimum atomic E-state index is 0.677. The van der Waals surface area contributed by atoms with Gasteiger partial charge < -0.3 is 9.99 Å². The van der Waals surface area contributed by atoms with Gasteiger partial charge in [0.05, 0.1) is 16.7 Å². The Labute approximate surface area is 88.1 Å². The van der Waals surface area contributed by atoms with Gasteiger partial charge in [0.2, 0.25) is 0 Å². The average molecular weight is 202 g/mol. The molecule has 0 saturated heterocycles. The molecule has 1 saturated carbocycles. The van der Waals surface area contributed by atoms with E-state index in [-0.39, 0.29) is 0 Å². The monoisotopic (exact) mass is 202 g/mol. The molecule has 0 bridgehead atoms. The van der Waals surface area contributed by atoms with Crippen LogP contribution in [0.15, 0.2) is 18.2 Å². The van der Waals surface area contributed by atoms with Gasteiger partial charge in [-0.05, 0) is 31.0 Å². The lowest BCUT2D eigenvalue weighted by molar-refractivity contribution is 0.820. The van der Waals surface area contributed by atoms with Crippen LogP contribution in [0.25, 0.3) is 11.0 Å². The van der Waals surface area contributed by atoms with Gasteiger partial charge in [-0.1, -0.05) is 0 Å². The number of imidazole rings is 1. The summed E-state index contributed by atoms with van der Waals surface area (Å²) in [5, 5.41) is 0. The Morgan fingerprint density at radius 3 is 2.93 bits per heavy atom. The number of rotatable bonds is 2. The number of nitrogen functional groups attached to an aromatic ring is 1. The summed E-state index contributed by atoms with van der Waals surface area (Å²) in [4.78, 5) is 4.64. The Morgan fingerprint density at radius 1 is 1.47 bits per heavy atom. The lowest BCUT2D eigenvalue weighted by Gasteiger charge is -2.01. The quantitative estimate of drug-likeness (QED) is 0.576. The van der Waals surface area contributed by atoms with Crippen LogP contribution in [-0.2, 0) is 7.05 Å². The first-order chi connectivity index (χ1) is 7.29. The summed E-state index contributed by atoms with van der Waals surface area (Å²) in [5.74, 6) is 7.28. The second kappa shape index (κ2) is 2.97. The van der Waals surface area contributed by atoms with Gasteiger partial charge in [-0.2, -0.15) is 0 Å². The summed E-state index contributed by atoms with van der Waals surface area (Å²) >= 11 is 0. The molecule has 1 aliphatic carbocycles. The molecule has 1 heterocycles. The van der Waals surface area contributed by atoms with Gasteiger partial charge >= 0.3 is 0 Å². The molecular weight excluding hydrogens is 188 g/mol. The molecule has 3 rings (SSSR count). The van der Waals surface area contributed by atoms with E-state index >= 15 is 0 Å². The van der Waals surface area contributed by atoms with E-state index < -0.39 is 0 Å². The van der Waals surface area contributed by atoms with Crippen molar-refractivity contribution < 1.29 is 0 Å². The third-order valence-electron chi connectivity index (χ3n) is 3.02. The second-order valence-electron chi connectivity index (χ2n) is 4.15. The highest BCUT2D eigenvalue weighted by Gasteiger charge is 2.28. The Balaban J connectivity index is 2.21. The zero-order chi connectivity index (χ0) is 10.4. The zero-order valence-electron chi connectivity index (χ0n) is 8.70. The van der Waals surface area contributed by atoms with Crippen LogP contribution >= 0.6 is 0 Å². The molecule has 0 spiro atoms. The fraction of sp³-hybridized carbons (Fsp3) is 0.364. The molecule has 15 heavy (non-hydrogen) atoms. The van der Waals surface area contributed by atoms with Crippen LogP contribution in [0, 0.1) is 0 Å². The summed E-state index contributed by atoms with van der Waals surface area (Å²) < 4.78 is 2.17. The maximum absolute atomic E-state index is 5.39. The topological polar surface area (TPSA) is 55.9 Å². The van der Waals surface area contributed by atoms with Crippen molar-refractivity contribution in [2.45, 2.75) is 18.8 Å². The minimum absolute atomic E-state index is 0.677. The number of aromatic nitrogens is 2. The van der Waals surface area contributed by atoms with E-state index in [1.165, 1.54) is 18.7 Å². The Bertz CT molecular complexity index is 511. The van der Waals surface area contributed by atoms with Crippen molar-refractivity contribution in [3.05, 3.63) is 24.0 Å². The molecule has 0 unspecified atom stereocenters. The lowest BCUT2D eigenvalue weighted by Crippen LogP contribution is -2.06. The molecule has 1 aliphatic rings. The van der Waals surface area contributed by atoms with Gasteiger partial charge in [0.25, 0.3) is 0 Å². The molecule has 1 fully saturated rings. The number of aryl methyl sites for hydroxylation is 1. The third-order valence-corrected chi connectivity index (χ3v) is 3.02. The Kier molecular flexibility index (Phi) is 1.73. The van der Waals surface area contributed by atoms with E-state index in [4.69, 9.17) is 5.84 Å². The number of anilines is 1. The summed E-state index contributed by atoms with van der Waals surface area (Å²) in [6.07, 6.45) is 2.55. The van der Waals surface area contributed by atoms with Gasteiger partial charge in [-0.25, -0.2) is 4.98 Å². The van der Waals surface area contributed by atoms with Gasteiger partial charge in [-0.3, -0.25) is 5.84 Å². The second-order valence-corrected chi connectivity index (χ2v) is 4.15. The van der Waals surface area contributed by atoms with E-state index in [2.05, 4.69) is 22.0 Å². The molecule has 0 aliphatic heterocycles. The number of nitrogens with one attached hydrogen (secondary N) is 1. The minimum Gasteiger partial charge on any atom is -0.331 e. The average Bonchev–Trinajstić information content (AvgIpc) is 3.05. The van der Waals surface area contributed by atoms with Crippen LogP contribution in [0.5, 0.6) is 0 Å². The van der Waals surface area contributed by atoms with Gasteiger partial charge in [-0.15, -0.1) is 0 Å². The smallest absolute Gasteiger partial charge is 0.112 e. The van der Waals surface area contributed by atoms with Gasteiger partial charge in [0.1, 0.15) is 5.82 Å². The Morgan fingerprint density at radius 2 is 2.27 bits per heavy atom. The molecule has 2 aromatic rings. The maximum atomic E-state index is 5.39. The highest BCUT2D eigenvalue weighted by atomic mass is 15.2. The van der Waals surface area contributed by atoms with Crippen molar-refractivity contribution in [1.82, 2.24) is 9.55 Å². The van der Waals surface area contributed by atoms with Crippen LogP contribution in [0.1, 0.15) is 24.6 Å². The molecular formula is C11H14N4. The van der Waals surface area contributed by atoms with Crippen molar-refractivity contribution >= 4 is 16.7 Å². The number of benzene rings is 1. The zero-order valence-corrected chi connectivity index (χ0v) is 8.70. The van der Waals surface area contributed by atoms with E-state index in [1.54, 1.807) is 0 Å². The largest absolute Gasteiger partial charge is 0.331 e. The Hall–Kier alpha value is -1.55. The van der Waals surface area contributed by atoms with Gasteiger partial charge in [0, 0.05) is 13.0 Å². The van der Waals surface area contributed by atoms with Gasteiger partial charge in [0.15, 0.2) is 0 Å². The van der Waals surface area contributed by atoms with E-state index in [0.717, 1.165) is 16.7 Å². The number of nitrogens with zero attached hydrogens (tertiary/aromatic N) is 2. The summed E-state index contributed by atoms with van der Waals surface area (Å²) in [6, 6.07) is 6.00.